The highest BCUT2D eigenvalue weighted by molar-refractivity contribution is 5.04. The number of rotatable bonds is 6. The number of hydrogen-bond donors (Lipinski definition) is 1. The van der Waals surface area contributed by atoms with Gasteiger partial charge in [0.1, 0.15) is 0 Å². The standard InChI is InChI=1S/C14H23N3/c15-9-3-6-14-7-4-11-17(14)12-8-13-5-1-2-10-16-13/h1-2,5,10,14H,3-4,6-9,11-12,15H2. The minimum Gasteiger partial charge on any atom is -0.330 e. The van der Waals surface area contributed by atoms with Crippen molar-refractivity contribution in [2.75, 3.05) is 19.6 Å². The molecule has 1 unspecified atom stereocenters. The molecule has 2 rings (SSSR count). The lowest BCUT2D eigenvalue weighted by Crippen LogP contribution is -2.31. The smallest absolute Gasteiger partial charge is 0.0416 e. The Bertz CT molecular complexity index is 313. The summed E-state index contributed by atoms with van der Waals surface area (Å²) in [5.74, 6) is 0. The maximum atomic E-state index is 5.59. The quantitative estimate of drug-likeness (QED) is 0.815. The van der Waals surface area contributed by atoms with E-state index in [4.69, 9.17) is 5.73 Å². The summed E-state index contributed by atoms with van der Waals surface area (Å²) in [5, 5.41) is 0. The number of aromatic nitrogens is 1. The van der Waals surface area contributed by atoms with Crippen molar-refractivity contribution < 1.29 is 0 Å². The van der Waals surface area contributed by atoms with Gasteiger partial charge in [0.15, 0.2) is 0 Å². The van der Waals surface area contributed by atoms with Gasteiger partial charge >= 0.3 is 0 Å². The zero-order valence-corrected chi connectivity index (χ0v) is 10.5. The molecule has 1 aliphatic heterocycles. The highest BCUT2D eigenvalue weighted by Gasteiger charge is 2.23. The molecule has 2 N–H and O–H groups in total. The average molecular weight is 233 g/mol. The molecule has 2 heterocycles. The number of pyridine rings is 1. The molecule has 0 aromatic carbocycles. The molecule has 1 aromatic rings. The molecule has 0 saturated carbocycles. The van der Waals surface area contributed by atoms with Gasteiger partial charge in [0, 0.05) is 30.9 Å². The predicted molar refractivity (Wildman–Crippen MR) is 70.8 cm³/mol. The van der Waals surface area contributed by atoms with Gasteiger partial charge in [-0.05, 0) is 50.9 Å². The molecule has 0 radical (unpaired) electrons. The lowest BCUT2D eigenvalue weighted by molar-refractivity contribution is 0.243. The van der Waals surface area contributed by atoms with E-state index >= 15 is 0 Å². The largest absolute Gasteiger partial charge is 0.330 e. The summed E-state index contributed by atoms with van der Waals surface area (Å²) in [7, 11) is 0. The van der Waals surface area contributed by atoms with Gasteiger partial charge in [-0.2, -0.15) is 0 Å². The van der Waals surface area contributed by atoms with Crippen LogP contribution >= 0.6 is 0 Å². The predicted octanol–water partition coefficient (Wildman–Crippen LogP) is 1.83. The van der Waals surface area contributed by atoms with E-state index in [-0.39, 0.29) is 0 Å². The Morgan fingerprint density at radius 3 is 3.12 bits per heavy atom. The van der Waals surface area contributed by atoms with Gasteiger partial charge < -0.3 is 5.73 Å². The van der Waals surface area contributed by atoms with E-state index in [2.05, 4.69) is 22.0 Å². The van der Waals surface area contributed by atoms with E-state index in [9.17, 15) is 0 Å². The molecule has 0 bridgehead atoms. The maximum absolute atomic E-state index is 5.59. The number of likely N-dealkylation sites (tertiary alicyclic amines) is 1. The zero-order chi connectivity index (χ0) is 11.9. The van der Waals surface area contributed by atoms with Crippen LogP contribution in [-0.2, 0) is 6.42 Å². The van der Waals surface area contributed by atoms with Crippen molar-refractivity contribution in [2.24, 2.45) is 5.73 Å². The monoisotopic (exact) mass is 233 g/mol. The van der Waals surface area contributed by atoms with Crippen molar-refractivity contribution in [2.45, 2.75) is 38.1 Å². The third kappa shape index (κ3) is 3.79. The van der Waals surface area contributed by atoms with Crippen LogP contribution in [0, 0.1) is 0 Å². The van der Waals surface area contributed by atoms with Crippen molar-refractivity contribution in [1.82, 2.24) is 9.88 Å². The molecule has 3 nitrogen and oxygen atoms in total. The molecular formula is C14H23N3. The summed E-state index contributed by atoms with van der Waals surface area (Å²) in [6, 6.07) is 6.93. The summed E-state index contributed by atoms with van der Waals surface area (Å²) < 4.78 is 0. The first-order valence-electron chi connectivity index (χ1n) is 6.74. The second-order valence-electron chi connectivity index (χ2n) is 4.83. The second-order valence-corrected chi connectivity index (χ2v) is 4.83. The first-order valence-corrected chi connectivity index (χ1v) is 6.74. The number of nitrogens with two attached hydrogens (primary N) is 1. The van der Waals surface area contributed by atoms with Crippen LogP contribution in [0.1, 0.15) is 31.4 Å². The van der Waals surface area contributed by atoms with E-state index in [1.807, 2.05) is 12.3 Å². The molecule has 1 fully saturated rings. The molecule has 1 aromatic heterocycles. The summed E-state index contributed by atoms with van der Waals surface area (Å²) in [5.41, 5.74) is 6.79. The number of hydrogen-bond acceptors (Lipinski definition) is 3. The fourth-order valence-corrected chi connectivity index (χ4v) is 2.67. The Hall–Kier alpha value is -0.930. The summed E-state index contributed by atoms with van der Waals surface area (Å²) >= 11 is 0. The molecule has 17 heavy (non-hydrogen) atoms. The summed E-state index contributed by atoms with van der Waals surface area (Å²) in [6.07, 6.45) is 8.06. The maximum Gasteiger partial charge on any atom is 0.0416 e. The van der Waals surface area contributed by atoms with Gasteiger partial charge in [-0.25, -0.2) is 0 Å². The van der Waals surface area contributed by atoms with Crippen molar-refractivity contribution in [3.8, 4) is 0 Å². The van der Waals surface area contributed by atoms with E-state index in [1.54, 1.807) is 0 Å². The van der Waals surface area contributed by atoms with Gasteiger partial charge in [0.2, 0.25) is 0 Å². The second kappa shape index (κ2) is 6.72. The zero-order valence-electron chi connectivity index (χ0n) is 10.5. The van der Waals surface area contributed by atoms with Crippen molar-refractivity contribution in [3.05, 3.63) is 30.1 Å². The summed E-state index contributed by atoms with van der Waals surface area (Å²) in [6.45, 7) is 3.22. The molecular weight excluding hydrogens is 210 g/mol. The van der Waals surface area contributed by atoms with Crippen LogP contribution in [0.3, 0.4) is 0 Å². The fourth-order valence-electron chi connectivity index (χ4n) is 2.67. The van der Waals surface area contributed by atoms with Crippen LogP contribution in [0.5, 0.6) is 0 Å². The molecule has 1 saturated heterocycles. The van der Waals surface area contributed by atoms with Crippen molar-refractivity contribution in [3.63, 3.8) is 0 Å². The van der Waals surface area contributed by atoms with Crippen LogP contribution < -0.4 is 5.73 Å². The third-order valence-corrected chi connectivity index (χ3v) is 3.62. The van der Waals surface area contributed by atoms with Crippen molar-refractivity contribution in [1.29, 1.82) is 0 Å². The molecule has 1 atom stereocenters. The van der Waals surface area contributed by atoms with Gasteiger partial charge in [-0.1, -0.05) is 6.07 Å². The lowest BCUT2D eigenvalue weighted by atomic mass is 10.1. The molecule has 0 aliphatic carbocycles. The Morgan fingerprint density at radius 1 is 1.41 bits per heavy atom. The van der Waals surface area contributed by atoms with Crippen LogP contribution in [0.2, 0.25) is 0 Å². The van der Waals surface area contributed by atoms with Gasteiger partial charge in [0.05, 0.1) is 0 Å². The van der Waals surface area contributed by atoms with E-state index in [0.29, 0.717) is 0 Å². The van der Waals surface area contributed by atoms with Crippen molar-refractivity contribution >= 4 is 0 Å². The highest BCUT2D eigenvalue weighted by atomic mass is 15.2. The molecule has 3 heteroatoms. The molecule has 94 valence electrons. The lowest BCUT2D eigenvalue weighted by Gasteiger charge is -2.24. The minimum absolute atomic E-state index is 0.766. The van der Waals surface area contributed by atoms with E-state index in [1.165, 1.54) is 31.5 Å². The van der Waals surface area contributed by atoms with Crippen LogP contribution in [0.25, 0.3) is 0 Å². The Labute approximate surface area is 104 Å². The molecule has 0 spiro atoms. The Kier molecular flexibility index (Phi) is 4.95. The Morgan fingerprint density at radius 2 is 2.35 bits per heavy atom. The first kappa shape index (κ1) is 12.5. The van der Waals surface area contributed by atoms with E-state index < -0.39 is 0 Å². The molecule has 0 amide bonds. The van der Waals surface area contributed by atoms with Crippen LogP contribution in [0.4, 0.5) is 0 Å². The third-order valence-electron chi connectivity index (χ3n) is 3.62. The van der Waals surface area contributed by atoms with Crippen LogP contribution in [-0.4, -0.2) is 35.6 Å². The van der Waals surface area contributed by atoms with Gasteiger partial charge in [-0.15, -0.1) is 0 Å². The highest BCUT2D eigenvalue weighted by Crippen LogP contribution is 2.21. The average Bonchev–Trinajstić information content (AvgIpc) is 2.82. The fraction of sp³-hybridized carbons (Fsp3) is 0.643. The van der Waals surface area contributed by atoms with Crippen LogP contribution in [0.15, 0.2) is 24.4 Å². The molecule has 1 aliphatic rings. The van der Waals surface area contributed by atoms with Gasteiger partial charge in [0.25, 0.3) is 0 Å². The topological polar surface area (TPSA) is 42.1 Å². The van der Waals surface area contributed by atoms with E-state index in [0.717, 1.165) is 32.0 Å². The SMILES string of the molecule is NCCCC1CCCN1CCc1ccccn1. The number of nitrogens with zero attached hydrogens (tertiary/aromatic N) is 2. The normalized spacial score (nSPS) is 20.9. The first-order chi connectivity index (χ1) is 8.40. The Balaban J connectivity index is 1.78. The minimum atomic E-state index is 0.766. The van der Waals surface area contributed by atoms with Gasteiger partial charge in [-0.3, -0.25) is 9.88 Å². The summed E-state index contributed by atoms with van der Waals surface area (Å²) in [4.78, 5) is 7.00.